The Bertz CT molecular complexity index is 452. The predicted octanol–water partition coefficient (Wildman–Crippen LogP) is 0.827. The number of ether oxygens (including phenoxy) is 1. The molecule has 1 fully saturated rings. The van der Waals surface area contributed by atoms with Crippen molar-refractivity contribution in [3.8, 4) is 0 Å². The number of esters is 1. The van der Waals surface area contributed by atoms with Gasteiger partial charge in [-0.3, -0.25) is 0 Å². The van der Waals surface area contributed by atoms with Crippen LogP contribution in [0.4, 0.5) is 5.82 Å². The van der Waals surface area contributed by atoms with Gasteiger partial charge in [-0.25, -0.2) is 14.8 Å². The molecule has 0 aromatic carbocycles. The van der Waals surface area contributed by atoms with Crippen molar-refractivity contribution in [1.82, 2.24) is 9.97 Å². The van der Waals surface area contributed by atoms with Crippen LogP contribution in [0.15, 0.2) is 12.3 Å². The second-order valence-electron chi connectivity index (χ2n) is 4.83. The maximum absolute atomic E-state index is 11.4. The van der Waals surface area contributed by atoms with Gasteiger partial charge in [-0.2, -0.15) is 0 Å². The summed E-state index contributed by atoms with van der Waals surface area (Å²) in [5, 5.41) is 0. The lowest BCUT2D eigenvalue weighted by atomic mass is 10.0. The van der Waals surface area contributed by atoms with Crippen LogP contribution in [0.1, 0.15) is 29.9 Å². The first-order chi connectivity index (χ1) is 9.17. The normalized spacial score (nSPS) is 22.3. The molecule has 1 aliphatic carbocycles. The second kappa shape index (κ2) is 5.97. The van der Waals surface area contributed by atoms with Crippen molar-refractivity contribution < 1.29 is 9.53 Å². The van der Waals surface area contributed by atoms with Crippen LogP contribution in [-0.2, 0) is 4.74 Å². The van der Waals surface area contributed by atoms with Gasteiger partial charge >= 0.3 is 5.97 Å². The van der Waals surface area contributed by atoms with E-state index in [4.69, 9.17) is 5.73 Å². The van der Waals surface area contributed by atoms with Crippen LogP contribution in [0.3, 0.4) is 0 Å². The fraction of sp³-hybridized carbons (Fsp3) is 0.615. The topological polar surface area (TPSA) is 81.3 Å². The summed E-state index contributed by atoms with van der Waals surface area (Å²) >= 11 is 0. The van der Waals surface area contributed by atoms with E-state index in [0.29, 0.717) is 18.5 Å². The molecule has 6 nitrogen and oxygen atoms in total. The Labute approximate surface area is 113 Å². The van der Waals surface area contributed by atoms with Crippen molar-refractivity contribution in [1.29, 1.82) is 0 Å². The third-order valence-corrected chi connectivity index (χ3v) is 3.79. The van der Waals surface area contributed by atoms with Crippen molar-refractivity contribution in [2.75, 3.05) is 25.6 Å². The number of methoxy groups -OCH3 is 1. The van der Waals surface area contributed by atoms with E-state index < -0.39 is 5.97 Å². The summed E-state index contributed by atoms with van der Waals surface area (Å²) in [6, 6.07) is 2.18. The molecule has 0 bridgehead atoms. The van der Waals surface area contributed by atoms with E-state index in [1.54, 1.807) is 12.3 Å². The third-order valence-electron chi connectivity index (χ3n) is 3.79. The van der Waals surface area contributed by atoms with Crippen LogP contribution < -0.4 is 10.6 Å². The highest BCUT2D eigenvalue weighted by atomic mass is 16.5. The zero-order valence-corrected chi connectivity index (χ0v) is 11.4. The van der Waals surface area contributed by atoms with Crippen molar-refractivity contribution in [2.24, 2.45) is 11.7 Å². The van der Waals surface area contributed by atoms with E-state index in [-0.39, 0.29) is 5.82 Å². The van der Waals surface area contributed by atoms with Gasteiger partial charge in [-0.1, -0.05) is 6.42 Å². The monoisotopic (exact) mass is 264 g/mol. The Hall–Kier alpha value is -1.69. The lowest BCUT2D eigenvalue weighted by Gasteiger charge is -2.30. The second-order valence-corrected chi connectivity index (χ2v) is 4.83. The molecule has 1 aromatic rings. The number of hydrogen-bond acceptors (Lipinski definition) is 6. The van der Waals surface area contributed by atoms with Gasteiger partial charge in [0.1, 0.15) is 5.82 Å². The minimum Gasteiger partial charge on any atom is -0.463 e. The molecule has 2 unspecified atom stereocenters. The summed E-state index contributed by atoms with van der Waals surface area (Å²) in [4.78, 5) is 21.7. The van der Waals surface area contributed by atoms with Crippen LogP contribution in [-0.4, -0.2) is 42.7 Å². The zero-order chi connectivity index (χ0) is 13.8. The number of hydrogen-bond donors (Lipinski definition) is 1. The highest BCUT2D eigenvalue weighted by molar-refractivity contribution is 5.85. The Morgan fingerprint density at radius 3 is 3.05 bits per heavy atom. The van der Waals surface area contributed by atoms with Gasteiger partial charge in [0.2, 0.25) is 5.82 Å². The van der Waals surface area contributed by atoms with E-state index in [1.165, 1.54) is 13.5 Å². The predicted molar refractivity (Wildman–Crippen MR) is 72.0 cm³/mol. The molecular weight excluding hydrogens is 244 g/mol. The average Bonchev–Trinajstić information content (AvgIpc) is 2.94. The smallest absolute Gasteiger partial charge is 0.376 e. The van der Waals surface area contributed by atoms with E-state index >= 15 is 0 Å². The highest BCUT2D eigenvalue weighted by Crippen LogP contribution is 2.30. The highest BCUT2D eigenvalue weighted by Gasteiger charge is 2.30. The molecule has 2 rings (SSSR count). The van der Waals surface area contributed by atoms with Crippen LogP contribution in [0.2, 0.25) is 0 Å². The van der Waals surface area contributed by atoms with Crippen molar-refractivity contribution in [3.05, 3.63) is 18.1 Å². The number of aromatic nitrogens is 2. The Morgan fingerprint density at radius 1 is 1.58 bits per heavy atom. The van der Waals surface area contributed by atoms with Crippen LogP contribution in [0.5, 0.6) is 0 Å². The fourth-order valence-electron chi connectivity index (χ4n) is 2.71. The molecule has 104 valence electrons. The number of anilines is 1. The molecule has 1 aromatic heterocycles. The first-order valence-electron chi connectivity index (χ1n) is 6.51. The van der Waals surface area contributed by atoms with Crippen LogP contribution in [0.25, 0.3) is 0 Å². The van der Waals surface area contributed by atoms with Gasteiger partial charge in [-0.15, -0.1) is 0 Å². The van der Waals surface area contributed by atoms with Gasteiger partial charge in [0.25, 0.3) is 0 Å². The first-order valence-corrected chi connectivity index (χ1v) is 6.51. The van der Waals surface area contributed by atoms with Gasteiger partial charge in [0.15, 0.2) is 0 Å². The number of nitrogens with zero attached hydrogens (tertiary/aromatic N) is 3. The molecule has 1 saturated carbocycles. The molecular formula is C13H20N4O2. The Morgan fingerprint density at radius 2 is 2.37 bits per heavy atom. The lowest BCUT2D eigenvalue weighted by molar-refractivity contribution is 0.0586. The van der Waals surface area contributed by atoms with Crippen molar-refractivity contribution >= 4 is 11.8 Å². The van der Waals surface area contributed by atoms with Crippen LogP contribution >= 0.6 is 0 Å². The van der Waals surface area contributed by atoms with E-state index in [1.807, 2.05) is 7.05 Å². The number of rotatable bonds is 4. The van der Waals surface area contributed by atoms with Gasteiger partial charge in [-0.05, 0) is 31.4 Å². The standard InChI is InChI=1S/C13H20N4O2/c1-17(10-5-3-4-9(10)8-14)11-6-7-15-12(16-11)13(18)19-2/h6-7,9-10H,3-5,8,14H2,1-2H3. The van der Waals surface area contributed by atoms with Gasteiger partial charge < -0.3 is 15.4 Å². The molecule has 0 spiro atoms. The molecule has 2 atom stereocenters. The molecule has 2 N–H and O–H groups in total. The quantitative estimate of drug-likeness (QED) is 0.811. The average molecular weight is 264 g/mol. The van der Waals surface area contributed by atoms with E-state index in [0.717, 1.165) is 18.7 Å². The molecule has 0 radical (unpaired) electrons. The van der Waals surface area contributed by atoms with Crippen molar-refractivity contribution in [2.45, 2.75) is 25.3 Å². The molecule has 1 heterocycles. The van der Waals surface area contributed by atoms with E-state index in [9.17, 15) is 4.79 Å². The Kier molecular flexibility index (Phi) is 4.31. The molecule has 1 aliphatic rings. The van der Waals surface area contributed by atoms with Gasteiger partial charge in [0.05, 0.1) is 7.11 Å². The summed E-state index contributed by atoms with van der Waals surface area (Å²) in [5.74, 6) is 0.800. The summed E-state index contributed by atoms with van der Waals surface area (Å²) in [6.07, 6.45) is 5.03. The number of nitrogens with two attached hydrogens (primary N) is 1. The number of carbonyl (C=O) groups excluding carboxylic acids is 1. The first kappa shape index (κ1) is 13.7. The summed E-state index contributed by atoms with van der Waals surface area (Å²) in [7, 11) is 3.31. The summed E-state index contributed by atoms with van der Waals surface area (Å²) < 4.78 is 4.64. The number of carbonyl (C=O) groups is 1. The largest absolute Gasteiger partial charge is 0.463 e. The minimum atomic E-state index is -0.517. The SMILES string of the molecule is COC(=O)c1nccc(N(C)C2CCCC2CN)n1. The minimum absolute atomic E-state index is 0.0918. The molecule has 0 aliphatic heterocycles. The zero-order valence-electron chi connectivity index (χ0n) is 11.4. The molecule has 0 saturated heterocycles. The third kappa shape index (κ3) is 2.84. The molecule has 19 heavy (non-hydrogen) atoms. The summed E-state index contributed by atoms with van der Waals surface area (Å²) in [5.41, 5.74) is 5.81. The fourth-order valence-corrected chi connectivity index (χ4v) is 2.71. The Balaban J connectivity index is 2.19. The molecule has 6 heteroatoms. The maximum atomic E-state index is 11.4. The lowest BCUT2D eigenvalue weighted by Crippen LogP contribution is -2.38. The maximum Gasteiger partial charge on any atom is 0.376 e. The van der Waals surface area contributed by atoms with E-state index in [2.05, 4.69) is 19.6 Å². The van der Waals surface area contributed by atoms with Crippen molar-refractivity contribution in [3.63, 3.8) is 0 Å². The molecule has 0 amide bonds. The summed E-state index contributed by atoms with van der Waals surface area (Å²) in [6.45, 7) is 0.684. The van der Waals surface area contributed by atoms with Gasteiger partial charge in [0, 0.05) is 19.3 Å². The van der Waals surface area contributed by atoms with Crippen LogP contribution in [0, 0.1) is 5.92 Å².